The van der Waals surface area contributed by atoms with Crippen LogP contribution in [0.1, 0.15) is 41.8 Å². The van der Waals surface area contributed by atoms with Crippen molar-refractivity contribution in [3.05, 3.63) is 59.7 Å². The van der Waals surface area contributed by atoms with Gasteiger partial charge in [-0.25, -0.2) is 4.79 Å². The Balaban J connectivity index is 2.57. The number of carbonyl (C=O) groups is 2. The molecule has 0 heterocycles. The summed E-state index contributed by atoms with van der Waals surface area (Å²) in [6, 6.07) is 14.6. The van der Waals surface area contributed by atoms with Gasteiger partial charge in [0.15, 0.2) is 0 Å². The van der Waals surface area contributed by atoms with Gasteiger partial charge in [-0.15, -0.1) is 0 Å². The van der Waals surface area contributed by atoms with Crippen LogP contribution in [0.15, 0.2) is 48.5 Å². The molecule has 4 heteroatoms. The minimum Gasteiger partial charge on any atom is -0.478 e. The normalized spacial score (nSPS) is 11.7. The predicted molar refractivity (Wildman–Crippen MR) is 83.6 cm³/mol. The van der Waals surface area contributed by atoms with Gasteiger partial charge in [0.1, 0.15) is 6.10 Å². The van der Waals surface area contributed by atoms with E-state index < -0.39 is 12.1 Å². The Labute approximate surface area is 129 Å². The number of rotatable bonds is 7. The number of carbonyl (C=O) groups excluding carboxylic acids is 1. The number of carboxylic acid groups (broad SMARTS) is 1. The molecule has 0 spiro atoms. The fourth-order valence-electron chi connectivity index (χ4n) is 2.47. The zero-order valence-corrected chi connectivity index (χ0v) is 12.4. The highest BCUT2D eigenvalue weighted by atomic mass is 16.5. The quantitative estimate of drug-likeness (QED) is 0.783. The number of benzene rings is 2. The average Bonchev–Trinajstić information content (AvgIpc) is 2.55. The molecule has 2 aromatic carbocycles. The lowest BCUT2D eigenvalue weighted by Crippen LogP contribution is -2.07. The molecule has 0 radical (unpaired) electrons. The van der Waals surface area contributed by atoms with E-state index in [0.717, 1.165) is 23.1 Å². The summed E-state index contributed by atoms with van der Waals surface area (Å²) >= 11 is 0. The maximum atomic E-state index is 11.2. The van der Waals surface area contributed by atoms with E-state index in [1.165, 1.54) is 0 Å². The van der Waals surface area contributed by atoms with Crippen LogP contribution in [-0.4, -0.2) is 17.5 Å². The van der Waals surface area contributed by atoms with Gasteiger partial charge in [-0.2, -0.15) is 0 Å². The molecule has 0 saturated carbocycles. The van der Waals surface area contributed by atoms with Crippen LogP contribution in [0.4, 0.5) is 0 Å². The fraction of sp³-hybridized carbons (Fsp3) is 0.222. The van der Waals surface area contributed by atoms with Crippen molar-refractivity contribution in [1.82, 2.24) is 0 Å². The summed E-state index contributed by atoms with van der Waals surface area (Å²) in [6.45, 7) is 2.41. The zero-order chi connectivity index (χ0) is 15.9. The third-order valence-electron chi connectivity index (χ3n) is 3.50. The zero-order valence-electron chi connectivity index (χ0n) is 12.4. The van der Waals surface area contributed by atoms with Crippen molar-refractivity contribution in [1.29, 1.82) is 0 Å². The van der Waals surface area contributed by atoms with Gasteiger partial charge >= 0.3 is 5.97 Å². The van der Waals surface area contributed by atoms with Gasteiger partial charge in [-0.1, -0.05) is 49.7 Å². The van der Waals surface area contributed by atoms with Crippen LogP contribution in [0.2, 0.25) is 0 Å². The van der Waals surface area contributed by atoms with Crippen molar-refractivity contribution >= 4 is 12.4 Å². The van der Waals surface area contributed by atoms with Crippen LogP contribution in [0.5, 0.6) is 0 Å². The standard InChI is InChI=1S/C18H18O4/c1-2-6-17(22-12-19)16-11-14(18(20)21)9-10-15(16)13-7-4-3-5-8-13/h3-5,7-12,17H,2,6H2,1H3,(H,20,21). The molecule has 114 valence electrons. The lowest BCUT2D eigenvalue weighted by Gasteiger charge is -2.19. The third-order valence-corrected chi connectivity index (χ3v) is 3.50. The number of ether oxygens (including phenoxy) is 1. The largest absolute Gasteiger partial charge is 0.478 e. The number of aromatic carboxylic acids is 1. The molecular weight excluding hydrogens is 280 g/mol. The molecule has 0 fully saturated rings. The van der Waals surface area contributed by atoms with E-state index in [1.54, 1.807) is 18.2 Å². The monoisotopic (exact) mass is 298 g/mol. The average molecular weight is 298 g/mol. The maximum Gasteiger partial charge on any atom is 0.335 e. The Hall–Kier alpha value is -2.62. The van der Waals surface area contributed by atoms with Crippen molar-refractivity contribution in [3.8, 4) is 11.1 Å². The Morgan fingerprint density at radius 2 is 1.95 bits per heavy atom. The topological polar surface area (TPSA) is 63.6 Å². The molecule has 4 nitrogen and oxygen atoms in total. The van der Waals surface area contributed by atoms with Crippen LogP contribution in [0.3, 0.4) is 0 Å². The third kappa shape index (κ3) is 3.52. The minimum absolute atomic E-state index is 0.185. The van der Waals surface area contributed by atoms with E-state index in [1.807, 2.05) is 37.3 Å². The van der Waals surface area contributed by atoms with Gasteiger partial charge in [-0.3, -0.25) is 4.79 Å². The summed E-state index contributed by atoms with van der Waals surface area (Å²) in [7, 11) is 0. The summed E-state index contributed by atoms with van der Waals surface area (Å²) in [5, 5.41) is 9.20. The van der Waals surface area contributed by atoms with Crippen LogP contribution < -0.4 is 0 Å². The summed E-state index contributed by atoms with van der Waals surface area (Å²) in [4.78, 5) is 22.0. The van der Waals surface area contributed by atoms with E-state index in [4.69, 9.17) is 4.74 Å². The SMILES string of the molecule is CCCC(OC=O)c1cc(C(=O)O)ccc1-c1ccccc1. The molecule has 0 amide bonds. The van der Waals surface area contributed by atoms with Crippen molar-refractivity contribution < 1.29 is 19.4 Å². The first-order valence-electron chi connectivity index (χ1n) is 7.19. The summed E-state index contributed by atoms with van der Waals surface area (Å²) in [5.74, 6) is -0.998. The van der Waals surface area contributed by atoms with Gasteiger partial charge in [0.25, 0.3) is 6.47 Å². The predicted octanol–water partition coefficient (Wildman–Crippen LogP) is 4.07. The molecule has 2 aromatic rings. The van der Waals surface area contributed by atoms with Crippen LogP contribution >= 0.6 is 0 Å². The molecule has 0 aliphatic rings. The van der Waals surface area contributed by atoms with E-state index in [2.05, 4.69) is 0 Å². The number of hydrogen-bond acceptors (Lipinski definition) is 3. The first-order chi connectivity index (χ1) is 10.7. The molecule has 0 saturated heterocycles. The fourth-order valence-corrected chi connectivity index (χ4v) is 2.47. The van der Waals surface area contributed by atoms with E-state index >= 15 is 0 Å². The molecule has 0 aliphatic carbocycles. The van der Waals surface area contributed by atoms with Crippen LogP contribution in [-0.2, 0) is 9.53 Å². The Morgan fingerprint density at radius 3 is 2.55 bits per heavy atom. The number of carboxylic acids is 1. The highest BCUT2D eigenvalue weighted by molar-refractivity contribution is 5.89. The summed E-state index contributed by atoms with van der Waals surface area (Å²) < 4.78 is 5.19. The van der Waals surface area contributed by atoms with Gasteiger partial charge < -0.3 is 9.84 Å². The maximum absolute atomic E-state index is 11.2. The van der Waals surface area contributed by atoms with Gasteiger partial charge in [0.2, 0.25) is 0 Å². The van der Waals surface area contributed by atoms with Crippen LogP contribution in [0, 0.1) is 0 Å². The van der Waals surface area contributed by atoms with Gasteiger partial charge in [0, 0.05) is 5.56 Å². The Kier molecular flexibility index (Phi) is 5.31. The van der Waals surface area contributed by atoms with Crippen molar-refractivity contribution in [2.24, 2.45) is 0 Å². The summed E-state index contributed by atoms with van der Waals surface area (Å²) in [6.07, 6.45) is 1.02. The van der Waals surface area contributed by atoms with E-state index in [0.29, 0.717) is 12.9 Å². The van der Waals surface area contributed by atoms with Crippen LogP contribution in [0.25, 0.3) is 11.1 Å². The first kappa shape index (κ1) is 15.8. The molecule has 1 atom stereocenters. The molecule has 1 N–H and O–H groups in total. The highest BCUT2D eigenvalue weighted by Crippen LogP contribution is 2.33. The molecule has 0 aliphatic heterocycles. The second kappa shape index (κ2) is 7.41. The molecule has 1 unspecified atom stereocenters. The lowest BCUT2D eigenvalue weighted by atomic mass is 9.92. The number of hydrogen-bond donors (Lipinski definition) is 1. The lowest BCUT2D eigenvalue weighted by molar-refractivity contribution is -0.134. The summed E-state index contributed by atoms with van der Waals surface area (Å²) in [5.41, 5.74) is 2.75. The smallest absolute Gasteiger partial charge is 0.335 e. The first-order valence-corrected chi connectivity index (χ1v) is 7.19. The van der Waals surface area contributed by atoms with Crippen molar-refractivity contribution in [2.75, 3.05) is 0 Å². The van der Waals surface area contributed by atoms with Crippen molar-refractivity contribution in [3.63, 3.8) is 0 Å². The molecule has 0 bridgehead atoms. The minimum atomic E-state index is -0.998. The molecule has 0 aromatic heterocycles. The second-order valence-corrected chi connectivity index (χ2v) is 4.98. The van der Waals surface area contributed by atoms with Gasteiger partial charge in [0.05, 0.1) is 5.56 Å². The molecule has 2 rings (SSSR count). The second-order valence-electron chi connectivity index (χ2n) is 4.98. The van der Waals surface area contributed by atoms with Gasteiger partial charge in [-0.05, 0) is 29.7 Å². The molecule has 22 heavy (non-hydrogen) atoms. The highest BCUT2D eigenvalue weighted by Gasteiger charge is 2.19. The Bertz CT molecular complexity index is 649. The van der Waals surface area contributed by atoms with E-state index in [9.17, 15) is 14.7 Å². The van der Waals surface area contributed by atoms with Crippen molar-refractivity contribution in [2.45, 2.75) is 25.9 Å². The van der Waals surface area contributed by atoms with E-state index in [-0.39, 0.29) is 5.56 Å². The Morgan fingerprint density at radius 1 is 1.23 bits per heavy atom. The molecular formula is C18H18O4.